The Kier molecular flexibility index (Phi) is 10.6. The Morgan fingerprint density at radius 1 is 0.911 bits per heavy atom. The van der Waals surface area contributed by atoms with E-state index in [1.807, 2.05) is 12.1 Å². The Morgan fingerprint density at radius 2 is 1.51 bits per heavy atom. The highest BCUT2D eigenvalue weighted by atomic mass is 32.2. The van der Waals surface area contributed by atoms with Crippen molar-refractivity contribution in [1.29, 1.82) is 0 Å². The molecule has 1 atom stereocenters. The first-order valence-electron chi connectivity index (χ1n) is 14.4. The fourth-order valence-corrected chi connectivity index (χ4v) is 5.79. The summed E-state index contributed by atoms with van der Waals surface area (Å²) < 4.78 is 116. The summed E-state index contributed by atoms with van der Waals surface area (Å²) in [4.78, 5) is 10.2. The summed E-state index contributed by atoms with van der Waals surface area (Å²) in [5.74, 6) is 1.02. The van der Waals surface area contributed by atoms with Crippen LogP contribution in [0.1, 0.15) is 66.5 Å². The molecule has 0 radical (unpaired) electrons. The molecule has 2 aromatic carbocycles. The summed E-state index contributed by atoms with van der Waals surface area (Å²) in [5.41, 5.74) is -1.30. The first kappa shape index (κ1) is 34.3. The second kappa shape index (κ2) is 13.8. The fourth-order valence-electron chi connectivity index (χ4n) is 5.41. The zero-order valence-corrected chi connectivity index (χ0v) is 25.9. The second-order valence-corrected chi connectivity index (χ2v) is 13.6. The van der Waals surface area contributed by atoms with Crippen molar-refractivity contribution in [2.45, 2.75) is 64.0 Å². The maximum absolute atomic E-state index is 13.7. The number of halogens is 6. The number of benzene rings is 2. The molecule has 1 aromatic heterocycles. The number of sulfone groups is 1. The molecule has 1 saturated carbocycles. The largest absolute Gasteiger partial charge is 0.497 e. The average Bonchev–Trinajstić information content (AvgIpc) is 3.48. The molecule has 14 heteroatoms. The predicted octanol–water partition coefficient (Wildman–Crippen LogP) is 7.45. The standard InChI is InChI=1S/C31H35F6N3O4S/c1-20(23-13-25(30(32,33)34)16-26(14-23)31(35,36)37)40(29-38-17-28(18-39-29)44-10-11-45(3,41)42)19-22-8-9-27(43-2)15-24(22)12-21-6-4-5-7-21/h8-9,13-18,20-21H,4-7,10-12,19H2,1-3H3. The van der Waals surface area contributed by atoms with Crippen molar-refractivity contribution < 1.29 is 44.2 Å². The van der Waals surface area contributed by atoms with Crippen LogP contribution in [0, 0.1) is 5.92 Å². The van der Waals surface area contributed by atoms with E-state index < -0.39 is 39.4 Å². The maximum Gasteiger partial charge on any atom is 0.416 e. The van der Waals surface area contributed by atoms with Gasteiger partial charge in [0.05, 0.1) is 42.4 Å². The minimum Gasteiger partial charge on any atom is -0.497 e. The average molecular weight is 660 g/mol. The Bertz CT molecular complexity index is 1520. The molecule has 0 N–H and O–H groups in total. The lowest BCUT2D eigenvalue weighted by molar-refractivity contribution is -0.143. The van der Waals surface area contributed by atoms with Crippen molar-refractivity contribution in [3.63, 3.8) is 0 Å². The van der Waals surface area contributed by atoms with E-state index in [1.54, 1.807) is 13.2 Å². The van der Waals surface area contributed by atoms with Crippen LogP contribution in [0.2, 0.25) is 0 Å². The highest BCUT2D eigenvalue weighted by Gasteiger charge is 2.38. The number of nitrogens with zero attached hydrogens (tertiary/aromatic N) is 3. The van der Waals surface area contributed by atoms with Gasteiger partial charge in [0.25, 0.3) is 0 Å². The lowest BCUT2D eigenvalue weighted by Crippen LogP contribution is -2.29. The molecule has 1 unspecified atom stereocenters. The molecule has 0 amide bonds. The lowest BCUT2D eigenvalue weighted by Gasteiger charge is -2.31. The van der Waals surface area contributed by atoms with Gasteiger partial charge in [-0.15, -0.1) is 0 Å². The van der Waals surface area contributed by atoms with Gasteiger partial charge in [-0.05, 0) is 66.3 Å². The molecule has 1 aliphatic carbocycles. The van der Waals surface area contributed by atoms with Gasteiger partial charge in [0, 0.05) is 12.8 Å². The predicted molar refractivity (Wildman–Crippen MR) is 157 cm³/mol. The summed E-state index contributed by atoms with van der Waals surface area (Å²) in [5, 5.41) is 0. The van der Waals surface area contributed by atoms with Crippen LogP contribution in [0.15, 0.2) is 48.8 Å². The van der Waals surface area contributed by atoms with Crippen molar-refractivity contribution in [3.05, 3.63) is 76.6 Å². The van der Waals surface area contributed by atoms with Gasteiger partial charge in [0.2, 0.25) is 5.95 Å². The molecule has 4 rings (SSSR count). The Morgan fingerprint density at radius 3 is 2.04 bits per heavy atom. The number of rotatable bonds is 12. The molecule has 7 nitrogen and oxygen atoms in total. The lowest BCUT2D eigenvalue weighted by atomic mass is 9.93. The normalized spacial score (nSPS) is 15.2. The number of anilines is 1. The van der Waals surface area contributed by atoms with E-state index in [2.05, 4.69) is 9.97 Å². The van der Waals surface area contributed by atoms with Gasteiger partial charge in [-0.2, -0.15) is 26.3 Å². The zero-order valence-electron chi connectivity index (χ0n) is 25.1. The van der Waals surface area contributed by atoms with E-state index in [9.17, 15) is 34.8 Å². The number of alkyl halides is 6. The van der Waals surface area contributed by atoms with Crippen molar-refractivity contribution in [2.75, 3.05) is 30.6 Å². The smallest absolute Gasteiger partial charge is 0.416 e. The Balaban J connectivity index is 1.76. The molecule has 1 heterocycles. The van der Waals surface area contributed by atoms with Crippen LogP contribution < -0.4 is 14.4 Å². The van der Waals surface area contributed by atoms with Crippen LogP contribution in [0.5, 0.6) is 11.5 Å². The second-order valence-electron chi connectivity index (χ2n) is 11.3. The van der Waals surface area contributed by atoms with Gasteiger partial charge in [0.1, 0.15) is 12.4 Å². The first-order chi connectivity index (χ1) is 21.0. The zero-order chi connectivity index (χ0) is 33.0. The molecule has 0 aliphatic heterocycles. The fraction of sp³-hybridized carbons (Fsp3) is 0.484. The van der Waals surface area contributed by atoms with E-state index in [4.69, 9.17) is 9.47 Å². The molecule has 0 spiro atoms. The van der Waals surface area contributed by atoms with E-state index in [0.29, 0.717) is 23.8 Å². The molecule has 0 bridgehead atoms. The Labute approximate surface area is 258 Å². The van der Waals surface area contributed by atoms with Crippen molar-refractivity contribution >= 4 is 15.8 Å². The summed E-state index contributed by atoms with van der Waals surface area (Å²) in [7, 11) is -1.74. The van der Waals surface area contributed by atoms with Crippen LogP contribution in [0.4, 0.5) is 32.3 Å². The number of methoxy groups -OCH3 is 1. The monoisotopic (exact) mass is 659 g/mol. The molecule has 246 valence electrons. The molecule has 1 fully saturated rings. The number of ether oxygens (including phenoxy) is 2. The third-order valence-electron chi connectivity index (χ3n) is 7.89. The summed E-state index contributed by atoms with van der Waals surface area (Å²) in [6, 6.07) is 5.98. The van der Waals surface area contributed by atoms with Gasteiger partial charge in [-0.3, -0.25) is 0 Å². The van der Waals surface area contributed by atoms with Gasteiger partial charge in [-0.1, -0.05) is 31.7 Å². The third kappa shape index (κ3) is 9.47. The Hall–Kier alpha value is -3.55. The molecule has 0 saturated heterocycles. The van der Waals surface area contributed by atoms with E-state index in [0.717, 1.165) is 49.5 Å². The van der Waals surface area contributed by atoms with Crippen LogP contribution in [0.25, 0.3) is 0 Å². The minimum atomic E-state index is -5.01. The highest BCUT2D eigenvalue weighted by molar-refractivity contribution is 7.90. The van der Waals surface area contributed by atoms with Crippen molar-refractivity contribution in [2.24, 2.45) is 5.92 Å². The van der Waals surface area contributed by atoms with Gasteiger partial charge in [-0.25, -0.2) is 18.4 Å². The topological polar surface area (TPSA) is 81.6 Å². The molecule has 1 aliphatic rings. The van der Waals surface area contributed by atoms with Crippen LogP contribution in [-0.4, -0.2) is 44.1 Å². The van der Waals surface area contributed by atoms with Crippen molar-refractivity contribution in [3.8, 4) is 11.5 Å². The van der Waals surface area contributed by atoms with Crippen LogP contribution >= 0.6 is 0 Å². The first-order valence-corrected chi connectivity index (χ1v) is 16.4. The van der Waals surface area contributed by atoms with Gasteiger partial charge in [0.15, 0.2) is 15.6 Å². The van der Waals surface area contributed by atoms with Crippen LogP contribution in [-0.2, 0) is 35.2 Å². The SMILES string of the molecule is COc1ccc(CN(c2ncc(OCCS(C)(=O)=O)cn2)C(C)c2cc(C(F)(F)F)cc(C(F)(F)F)c2)c(CC2CCCC2)c1. The number of hydrogen-bond acceptors (Lipinski definition) is 7. The minimum absolute atomic E-state index is 0.0339. The molecular formula is C31H35F6N3O4S. The quantitative estimate of drug-likeness (QED) is 0.187. The van der Waals surface area contributed by atoms with E-state index in [-0.39, 0.29) is 42.2 Å². The van der Waals surface area contributed by atoms with Gasteiger partial charge >= 0.3 is 12.4 Å². The highest BCUT2D eigenvalue weighted by Crippen LogP contribution is 2.39. The number of hydrogen-bond donors (Lipinski definition) is 0. The maximum atomic E-state index is 13.7. The summed E-state index contributed by atoms with van der Waals surface area (Å²) in [6.07, 6.45) is -1.28. The van der Waals surface area contributed by atoms with E-state index >= 15 is 0 Å². The number of aromatic nitrogens is 2. The summed E-state index contributed by atoms with van der Waals surface area (Å²) >= 11 is 0. The third-order valence-corrected chi connectivity index (χ3v) is 8.80. The summed E-state index contributed by atoms with van der Waals surface area (Å²) in [6.45, 7) is 1.41. The molecule has 45 heavy (non-hydrogen) atoms. The van der Waals surface area contributed by atoms with Crippen molar-refractivity contribution in [1.82, 2.24) is 9.97 Å². The van der Waals surface area contributed by atoms with E-state index in [1.165, 1.54) is 24.2 Å². The van der Waals surface area contributed by atoms with Gasteiger partial charge < -0.3 is 14.4 Å². The van der Waals surface area contributed by atoms with Crippen LogP contribution in [0.3, 0.4) is 0 Å². The molecular weight excluding hydrogens is 624 g/mol. The molecule has 3 aromatic rings.